The molecular formula is C61H59BN2O2. The summed E-state index contributed by atoms with van der Waals surface area (Å²) in [6.45, 7) is 27.4. The Morgan fingerprint density at radius 3 is 1.77 bits per heavy atom. The Morgan fingerprint density at radius 1 is 0.455 bits per heavy atom. The highest BCUT2D eigenvalue weighted by Crippen LogP contribution is 2.51. The molecule has 0 spiro atoms. The Balaban J connectivity index is 1.26. The zero-order chi connectivity index (χ0) is 46.2. The molecule has 0 atom stereocenters. The van der Waals surface area contributed by atoms with E-state index in [-0.39, 0.29) is 23.0 Å². The number of rotatable bonds is 4. The molecule has 0 amide bonds. The zero-order valence-corrected chi connectivity index (χ0v) is 40.6. The number of aryl methyl sites for hydroxylation is 3. The first-order chi connectivity index (χ1) is 31.3. The number of hydrogen-bond donors (Lipinski definition) is 0. The van der Waals surface area contributed by atoms with Gasteiger partial charge in [0.05, 0.1) is 22.7 Å². The lowest BCUT2D eigenvalue weighted by atomic mass is 9.35. The molecule has 5 heteroatoms. The molecule has 0 radical (unpaired) electrons. The van der Waals surface area contributed by atoms with Crippen LogP contribution in [0.3, 0.4) is 0 Å². The van der Waals surface area contributed by atoms with Crippen LogP contribution in [0, 0.1) is 20.8 Å². The van der Waals surface area contributed by atoms with Gasteiger partial charge < -0.3 is 18.6 Å². The minimum absolute atomic E-state index is 0.00306. The van der Waals surface area contributed by atoms with Gasteiger partial charge >= 0.3 is 0 Å². The van der Waals surface area contributed by atoms with E-state index < -0.39 is 0 Å². The summed E-state index contributed by atoms with van der Waals surface area (Å²) < 4.78 is 14.0. The van der Waals surface area contributed by atoms with Crippen molar-refractivity contribution in [3.05, 3.63) is 173 Å². The van der Waals surface area contributed by atoms with Crippen molar-refractivity contribution in [2.45, 2.75) is 99.3 Å². The van der Waals surface area contributed by atoms with Crippen LogP contribution in [0.5, 0.6) is 0 Å². The molecule has 66 heavy (non-hydrogen) atoms. The van der Waals surface area contributed by atoms with Crippen LogP contribution in [-0.2, 0) is 16.2 Å². The van der Waals surface area contributed by atoms with Crippen molar-refractivity contribution in [3.8, 4) is 22.5 Å². The lowest BCUT2D eigenvalue weighted by Crippen LogP contribution is -2.61. The van der Waals surface area contributed by atoms with Gasteiger partial charge in [-0.1, -0.05) is 147 Å². The van der Waals surface area contributed by atoms with Crippen LogP contribution >= 0.6 is 0 Å². The van der Waals surface area contributed by atoms with Crippen LogP contribution in [0.25, 0.3) is 44.4 Å². The van der Waals surface area contributed by atoms with Crippen LogP contribution in [0.15, 0.2) is 148 Å². The Morgan fingerprint density at radius 2 is 1.09 bits per heavy atom. The molecule has 2 aromatic heterocycles. The average molecular weight is 863 g/mol. The average Bonchev–Trinajstić information content (AvgIpc) is 3.88. The normalized spacial score (nSPS) is 13.7. The molecule has 4 nitrogen and oxygen atoms in total. The Bertz CT molecular complexity index is 3370. The standard InChI is InChI=1S/C61H59BN2O2/c1-36-28-50-55-51(29-36)64(56-37(2)30-44(31-38(56)3)61(10,11)12)57-46-35-43(60(7,8)9)24-27-53(46)66-58(57)62(55)47-25-22-41(54-33-40-20-16-17-21-52(40)65-54)32-49(47)63(50)48-26-23-42(59(4,5)6)34-45(48)39-18-14-13-15-19-39/h13-35H,1-12H3. The summed E-state index contributed by atoms with van der Waals surface area (Å²) in [6, 6.07) is 51.9. The molecule has 2 aliphatic rings. The second-order valence-corrected chi connectivity index (χ2v) is 22.1. The third-order valence-corrected chi connectivity index (χ3v) is 14.2. The molecule has 0 saturated heterocycles. The molecule has 4 heterocycles. The van der Waals surface area contributed by atoms with E-state index in [1.165, 1.54) is 66.8 Å². The van der Waals surface area contributed by atoms with E-state index in [1.807, 2.05) is 6.07 Å². The van der Waals surface area contributed by atoms with E-state index in [1.54, 1.807) is 0 Å². The third kappa shape index (κ3) is 6.64. The first kappa shape index (κ1) is 42.0. The van der Waals surface area contributed by atoms with Crippen molar-refractivity contribution in [1.82, 2.24) is 0 Å². The van der Waals surface area contributed by atoms with Crippen LogP contribution in [0.1, 0.15) is 95.7 Å². The molecule has 9 aromatic rings. The smallest absolute Gasteiger partial charge is 0.297 e. The predicted octanol–water partition coefficient (Wildman–Crippen LogP) is 15.4. The molecule has 0 N–H and O–H groups in total. The second-order valence-electron chi connectivity index (χ2n) is 22.1. The quantitative estimate of drug-likeness (QED) is 0.165. The first-order valence-corrected chi connectivity index (χ1v) is 23.6. The van der Waals surface area contributed by atoms with E-state index in [9.17, 15) is 0 Å². The molecule has 7 aromatic carbocycles. The molecular weight excluding hydrogens is 803 g/mol. The lowest BCUT2D eigenvalue weighted by molar-refractivity contribution is 0.589. The van der Waals surface area contributed by atoms with E-state index in [4.69, 9.17) is 8.83 Å². The van der Waals surface area contributed by atoms with Gasteiger partial charge in [0.2, 0.25) is 0 Å². The van der Waals surface area contributed by atoms with Gasteiger partial charge in [0, 0.05) is 39.0 Å². The summed E-state index contributed by atoms with van der Waals surface area (Å²) in [5.41, 5.74) is 23.0. The van der Waals surface area contributed by atoms with Crippen LogP contribution in [0.4, 0.5) is 34.1 Å². The molecule has 0 aliphatic carbocycles. The van der Waals surface area contributed by atoms with E-state index in [0.29, 0.717) is 0 Å². The van der Waals surface area contributed by atoms with Gasteiger partial charge in [-0.2, -0.15) is 0 Å². The summed E-state index contributed by atoms with van der Waals surface area (Å²) in [6.07, 6.45) is 0. The number of para-hydroxylation sites is 1. The fourth-order valence-corrected chi connectivity index (χ4v) is 10.6. The third-order valence-electron chi connectivity index (χ3n) is 14.2. The molecule has 328 valence electrons. The molecule has 2 aliphatic heterocycles. The molecule has 0 saturated carbocycles. The van der Waals surface area contributed by atoms with Gasteiger partial charge in [-0.15, -0.1) is 0 Å². The molecule has 0 bridgehead atoms. The van der Waals surface area contributed by atoms with Crippen molar-refractivity contribution in [2.75, 3.05) is 9.80 Å². The SMILES string of the molecule is Cc1cc2c3c(c1)N(c1c(C)cc(C(C)(C)C)cc1C)c1c(oc4ccc(C(C)(C)C)cc14)B3c1ccc(-c3cc4ccccc4o3)cc1N2c1ccc(C(C)(C)C)cc1-c1ccccc1. The molecule has 0 unspecified atom stereocenters. The van der Waals surface area contributed by atoms with Crippen molar-refractivity contribution >= 4 is 79.4 Å². The fourth-order valence-electron chi connectivity index (χ4n) is 10.6. The molecule has 0 fully saturated rings. The van der Waals surface area contributed by atoms with Gasteiger partial charge in [-0.25, -0.2) is 0 Å². The Labute approximate surface area is 391 Å². The topological polar surface area (TPSA) is 32.8 Å². The largest absolute Gasteiger partial charge is 0.468 e. The first-order valence-electron chi connectivity index (χ1n) is 23.6. The Hall–Kier alpha value is -6.72. The summed E-state index contributed by atoms with van der Waals surface area (Å²) in [4.78, 5) is 5.12. The zero-order valence-electron chi connectivity index (χ0n) is 40.6. The van der Waals surface area contributed by atoms with Gasteiger partial charge in [0.25, 0.3) is 6.71 Å². The predicted molar refractivity (Wildman–Crippen MR) is 281 cm³/mol. The highest BCUT2D eigenvalue weighted by molar-refractivity contribution is 7.00. The van der Waals surface area contributed by atoms with E-state index in [2.05, 4.69) is 226 Å². The minimum Gasteiger partial charge on any atom is -0.468 e. The van der Waals surface area contributed by atoms with Crippen LogP contribution in [0.2, 0.25) is 0 Å². The number of furan rings is 2. The van der Waals surface area contributed by atoms with Crippen molar-refractivity contribution in [1.29, 1.82) is 0 Å². The molecule has 11 rings (SSSR count). The fraction of sp³-hybridized carbons (Fsp3) is 0.246. The maximum atomic E-state index is 7.37. The van der Waals surface area contributed by atoms with Crippen LogP contribution in [-0.4, -0.2) is 6.71 Å². The summed E-state index contributed by atoms with van der Waals surface area (Å²) in [7, 11) is 0. The number of fused-ring (bicyclic) bond motifs is 7. The maximum absolute atomic E-state index is 7.37. The van der Waals surface area contributed by atoms with Crippen molar-refractivity contribution in [3.63, 3.8) is 0 Å². The number of hydrogen-bond acceptors (Lipinski definition) is 4. The number of nitrogens with zero attached hydrogens (tertiary/aromatic N) is 2. The highest BCUT2D eigenvalue weighted by Gasteiger charge is 2.48. The van der Waals surface area contributed by atoms with Gasteiger partial charge in [-0.05, 0) is 141 Å². The highest BCUT2D eigenvalue weighted by atomic mass is 16.3. The van der Waals surface area contributed by atoms with Crippen molar-refractivity contribution in [2.24, 2.45) is 0 Å². The number of anilines is 6. The summed E-state index contributed by atoms with van der Waals surface area (Å²) in [5.74, 6) is 0.847. The van der Waals surface area contributed by atoms with E-state index >= 15 is 0 Å². The minimum atomic E-state index is -0.188. The van der Waals surface area contributed by atoms with E-state index in [0.717, 1.165) is 61.7 Å². The van der Waals surface area contributed by atoms with Crippen LogP contribution < -0.4 is 26.4 Å². The van der Waals surface area contributed by atoms with Gasteiger partial charge in [0.15, 0.2) is 0 Å². The lowest BCUT2D eigenvalue weighted by Gasteiger charge is -2.44. The summed E-state index contributed by atoms with van der Waals surface area (Å²) in [5, 5.41) is 2.23. The number of benzene rings is 7. The van der Waals surface area contributed by atoms with Gasteiger partial charge in [-0.3, -0.25) is 0 Å². The second kappa shape index (κ2) is 14.6. The monoisotopic (exact) mass is 862 g/mol. The Kier molecular flexibility index (Phi) is 9.31. The summed E-state index contributed by atoms with van der Waals surface area (Å²) >= 11 is 0. The van der Waals surface area contributed by atoms with Gasteiger partial charge in [0.1, 0.15) is 16.9 Å². The maximum Gasteiger partial charge on any atom is 0.297 e. The van der Waals surface area contributed by atoms with Crippen molar-refractivity contribution < 1.29 is 8.83 Å².